The standard InChI is InChI=1S/C8H14N2O2/c11-8(12)7-5-10-3-1-2-6(10)4-9-7/h6-7,9H,1-5H2,(H,11,12)/t6-,7+/m0/s1. The quantitative estimate of drug-likeness (QED) is 0.557. The summed E-state index contributed by atoms with van der Waals surface area (Å²) in [6.07, 6.45) is 2.44. The van der Waals surface area contributed by atoms with E-state index in [-0.39, 0.29) is 6.04 Å². The second kappa shape index (κ2) is 3.03. The Morgan fingerprint density at radius 2 is 2.42 bits per heavy atom. The molecular formula is C8H14N2O2. The minimum Gasteiger partial charge on any atom is -0.480 e. The summed E-state index contributed by atoms with van der Waals surface area (Å²) in [7, 11) is 0. The van der Waals surface area contributed by atoms with Gasteiger partial charge in [0.15, 0.2) is 0 Å². The van der Waals surface area contributed by atoms with Gasteiger partial charge in [0.25, 0.3) is 0 Å². The molecule has 2 heterocycles. The first-order valence-electron chi connectivity index (χ1n) is 4.47. The lowest BCUT2D eigenvalue weighted by atomic mass is 10.1. The highest BCUT2D eigenvalue weighted by molar-refractivity contribution is 5.73. The zero-order chi connectivity index (χ0) is 8.55. The highest BCUT2D eigenvalue weighted by Gasteiger charge is 2.33. The highest BCUT2D eigenvalue weighted by atomic mass is 16.4. The number of piperazine rings is 1. The van der Waals surface area contributed by atoms with Crippen LogP contribution < -0.4 is 5.32 Å². The van der Waals surface area contributed by atoms with Crippen LogP contribution in [0.25, 0.3) is 0 Å². The third-order valence-corrected chi connectivity index (χ3v) is 2.81. The van der Waals surface area contributed by atoms with Gasteiger partial charge in [0.2, 0.25) is 0 Å². The first-order valence-corrected chi connectivity index (χ1v) is 4.47. The van der Waals surface area contributed by atoms with E-state index in [2.05, 4.69) is 10.2 Å². The van der Waals surface area contributed by atoms with Crippen molar-refractivity contribution in [3.05, 3.63) is 0 Å². The van der Waals surface area contributed by atoms with Crippen LogP contribution in [-0.4, -0.2) is 47.7 Å². The van der Waals surface area contributed by atoms with Crippen LogP contribution in [0.3, 0.4) is 0 Å². The molecule has 2 aliphatic rings. The molecule has 0 amide bonds. The average molecular weight is 170 g/mol. The number of fused-ring (bicyclic) bond motifs is 1. The van der Waals surface area contributed by atoms with Crippen molar-refractivity contribution in [2.45, 2.75) is 24.9 Å². The van der Waals surface area contributed by atoms with Crippen LogP contribution in [0.2, 0.25) is 0 Å². The summed E-state index contributed by atoms with van der Waals surface area (Å²) in [5.74, 6) is -0.722. The molecule has 0 saturated carbocycles. The number of aliphatic carboxylic acids is 1. The van der Waals surface area contributed by atoms with Gasteiger partial charge in [-0.1, -0.05) is 0 Å². The van der Waals surface area contributed by atoms with E-state index in [0.717, 1.165) is 13.1 Å². The van der Waals surface area contributed by atoms with E-state index >= 15 is 0 Å². The van der Waals surface area contributed by atoms with Crippen LogP contribution in [0.5, 0.6) is 0 Å². The zero-order valence-corrected chi connectivity index (χ0v) is 6.99. The molecule has 4 heteroatoms. The van der Waals surface area contributed by atoms with Crippen LogP contribution >= 0.6 is 0 Å². The van der Waals surface area contributed by atoms with Crippen molar-refractivity contribution < 1.29 is 9.90 Å². The molecule has 0 spiro atoms. The average Bonchev–Trinajstić information content (AvgIpc) is 2.49. The minimum atomic E-state index is -0.722. The molecule has 68 valence electrons. The van der Waals surface area contributed by atoms with E-state index in [1.807, 2.05) is 0 Å². The van der Waals surface area contributed by atoms with Gasteiger partial charge >= 0.3 is 5.97 Å². The van der Waals surface area contributed by atoms with Gasteiger partial charge < -0.3 is 10.4 Å². The van der Waals surface area contributed by atoms with Crippen molar-refractivity contribution in [2.24, 2.45) is 0 Å². The van der Waals surface area contributed by atoms with Crippen molar-refractivity contribution in [1.82, 2.24) is 10.2 Å². The SMILES string of the molecule is O=C(O)[C@H]1CN2CCC[C@H]2CN1. The van der Waals surface area contributed by atoms with E-state index < -0.39 is 5.97 Å². The number of carboxylic acids is 1. The smallest absolute Gasteiger partial charge is 0.322 e. The largest absolute Gasteiger partial charge is 0.480 e. The summed E-state index contributed by atoms with van der Waals surface area (Å²) in [5, 5.41) is 11.8. The normalized spacial score (nSPS) is 36.3. The topological polar surface area (TPSA) is 52.6 Å². The Kier molecular flexibility index (Phi) is 2.02. The molecule has 12 heavy (non-hydrogen) atoms. The van der Waals surface area contributed by atoms with Gasteiger partial charge in [-0.3, -0.25) is 9.69 Å². The molecule has 2 rings (SSSR count). The molecule has 2 fully saturated rings. The third kappa shape index (κ3) is 1.32. The first kappa shape index (κ1) is 8.01. The Morgan fingerprint density at radius 1 is 1.58 bits per heavy atom. The van der Waals surface area contributed by atoms with Crippen LogP contribution in [0.1, 0.15) is 12.8 Å². The maximum Gasteiger partial charge on any atom is 0.322 e. The van der Waals surface area contributed by atoms with E-state index in [9.17, 15) is 4.79 Å². The molecule has 0 aromatic rings. The minimum absolute atomic E-state index is 0.348. The third-order valence-electron chi connectivity index (χ3n) is 2.81. The second-order valence-corrected chi connectivity index (χ2v) is 3.59. The van der Waals surface area contributed by atoms with Crippen molar-refractivity contribution in [3.8, 4) is 0 Å². The fourth-order valence-electron chi connectivity index (χ4n) is 2.11. The lowest BCUT2D eigenvalue weighted by Crippen LogP contribution is -2.56. The van der Waals surface area contributed by atoms with Gasteiger partial charge in [-0.15, -0.1) is 0 Å². The molecule has 2 aliphatic heterocycles. The Balaban J connectivity index is 1.96. The van der Waals surface area contributed by atoms with Gasteiger partial charge in [0.05, 0.1) is 0 Å². The predicted molar refractivity (Wildman–Crippen MR) is 44.0 cm³/mol. The Bertz CT molecular complexity index is 195. The summed E-state index contributed by atoms with van der Waals surface area (Å²) in [5.41, 5.74) is 0. The maximum absolute atomic E-state index is 10.7. The van der Waals surface area contributed by atoms with Gasteiger partial charge in [0.1, 0.15) is 6.04 Å². The van der Waals surface area contributed by atoms with E-state index in [0.29, 0.717) is 12.6 Å². The number of nitrogens with one attached hydrogen (secondary N) is 1. The molecule has 0 bridgehead atoms. The first-order chi connectivity index (χ1) is 5.77. The molecule has 0 aliphatic carbocycles. The van der Waals surface area contributed by atoms with Crippen LogP contribution in [-0.2, 0) is 4.79 Å². The van der Waals surface area contributed by atoms with Crippen LogP contribution in [0, 0.1) is 0 Å². The molecule has 4 nitrogen and oxygen atoms in total. The molecule has 0 unspecified atom stereocenters. The number of carboxylic acid groups (broad SMARTS) is 1. The Hall–Kier alpha value is -0.610. The van der Waals surface area contributed by atoms with Crippen molar-refractivity contribution in [3.63, 3.8) is 0 Å². The number of rotatable bonds is 1. The molecule has 2 N–H and O–H groups in total. The summed E-state index contributed by atoms with van der Waals surface area (Å²) in [4.78, 5) is 12.9. The molecular weight excluding hydrogens is 156 g/mol. The fourth-order valence-corrected chi connectivity index (χ4v) is 2.11. The van der Waals surface area contributed by atoms with E-state index in [1.165, 1.54) is 12.8 Å². The summed E-state index contributed by atoms with van der Waals surface area (Å²) in [6, 6.07) is 0.250. The van der Waals surface area contributed by atoms with Gasteiger partial charge in [-0.05, 0) is 19.4 Å². The van der Waals surface area contributed by atoms with Gasteiger partial charge in [-0.2, -0.15) is 0 Å². The van der Waals surface area contributed by atoms with E-state index in [1.54, 1.807) is 0 Å². The Morgan fingerprint density at radius 3 is 3.17 bits per heavy atom. The van der Waals surface area contributed by atoms with Gasteiger partial charge in [0, 0.05) is 19.1 Å². The lowest BCUT2D eigenvalue weighted by Gasteiger charge is -2.33. The zero-order valence-electron chi connectivity index (χ0n) is 6.99. The molecule has 0 aromatic heterocycles. The molecule has 2 saturated heterocycles. The number of carbonyl (C=O) groups is 1. The number of hydrogen-bond donors (Lipinski definition) is 2. The second-order valence-electron chi connectivity index (χ2n) is 3.59. The lowest BCUT2D eigenvalue weighted by molar-refractivity contribution is -0.140. The van der Waals surface area contributed by atoms with Crippen LogP contribution in [0.15, 0.2) is 0 Å². The summed E-state index contributed by atoms with van der Waals surface area (Å²) >= 11 is 0. The van der Waals surface area contributed by atoms with Crippen molar-refractivity contribution in [2.75, 3.05) is 19.6 Å². The molecule has 0 aromatic carbocycles. The summed E-state index contributed by atoms with van der Waals surface area (Å²) in [6.45, 7) is 2.60. The van der Waals surface area contributed by atoms with Gasteiger partial charge in [-0.25, -0.2) is 0 Å². The van der Waals surface area contributed by atoms with E-state index in [4.69, 9.17) is 5.11 Å². The fraction of sp³-hybridized carbons (Fsp3) is 0.875. The highest BCUT2D eigenvalue weighted by Crippen LogP contribution is 2.19. The van der Waals surface area contributed by atoms with Crippen molar-refractivity contribution in [1.29, 1.82) is 0 Å². The maximum atomic E-state index is 10.7. The summed E-state index contributed by atoms with van der Waals surface area (Å²) < 4.78 is 0. The predicted octanol–water partition coefficient (Wildman–Crippen LogP) is -0.493. The molecule has 2 atom stereocenters. The molecule has 0 radical (unpaired) electrons. The number of hydrogen-bond acceptors (Lipinski definition) is 3. The monoisotopic (exact) mass is 170 g/mol. The van der Waals surface area contributed by atoms with Crippen LogP contribution in [0.4, 0.5) is 0 Å². The van der Waals surface area contributed by atoms with Crippen molar-refractivity contribution >= 4 is 5.97 Å². The number of nitrogens with zero attached hydrogens (tertiary/aromatic N) is 1. The Labute approximate surface area is 71.5 Å².